The minimum absolute atomic E-state index is 0.121. The molecule has 0 amide bonds. The highest BCUT2D eigenvalue weighted by Gasteiger charge is 2.28. The summed E-state index contributed by atoms with van der Waals surface area (Å²) in [6, 6.07) is 9.16. The van der Waals surface area contributed by atoms with Crippen molar-refractivity contribution in [2.45, 2.75) is 24.3 Å². The predicted molar refractivity (Wildman–Crippen MR) is 86.3 cm³/mol. The zero-order chi connectivity index (χ0) is 16.4. The van der Waals surface area contributed by atoms with E-state index in [0.29, 0.717) is 18.5 Å². The van der Waals surface area contributed by atoms with Gasteiger partial charge in [0, 0.05) is 25.3 Å². The molecule has 7 heteroatoms. The summed E-state index contributed by atoms with van der Waals surface area (Å²) in [6.07, 6.45) is 2.42. The Morgan fingerprint density at radius 3 is 2.83 bits per heavy atom. The zero-order valence-corrected chi connectivity index (χ0v) is 13.6. The number of benzene rings is 1. The molecule has 3 rings (SSSR count). The van der Waals surface area contributed by atoms with Crippen LogP contribution in [-0.2, 0) is 10.0 Å². The lowest BCUT2D eigenvalue weighted by Gasteiger charge is -2.18. The highest BCUT2D eigenvalue weighted by Crippen LogP contribution is 2.21. The van der Waals surface area contributed by atoms with Crippen molar-refractivity contribution >= 4 is 15.8 Å². The molecule has 1 aromatic carbocycles. The molecular formula is C16H18FN3O2S. The van der Waals surface area contributed by atoms with Crippen LogP contribution in [0.3, 0.4) is 0 Å². The Balaban J connectivity index is 1.72. The molecule has 1 atom stereocenters. The van der Waals surface area contributed by atoms with Crippen LogP contribution in [0.4, 0.5) is 10.2 Å². The Labute approximate surface area is 135 Å². The van der Waals surface area contributed by atoms with Gasteiger partial charge in [0.25, 0.3) is 0 Å². The van der Waals surface area contributed by atoms with Crippen LogP contribution in [-0.4, -0.2) is 32.5 Å². The topological polar surface area (TPSA) is 62.3 Å². The number of hydrogen-bond acceptors (Lipinski definition) is 4. The summed E-state index contributed by atoms with van der Waals surface area (Å²) in [4.78, 5) is 6.45. The van der Waals surface area contributed by atoms with Crippen molar-refractivity contribution in [2.75, 3.05) is 18.0 Å². The van der Waals surface area contributed by atoms with Crippen LogP contribution in [0.25, 0.3) is 0 Å². The molecule has 1 unspecified atom stereocenters. The fraction of sp³-hybridized carbons (Fsp3) is 0.312. The Hall–Kier alpha value is -1.99. The van der Waals surface area contributed by atoms with Gasteiger partial charge < -0.3 is 4.90 Å². The van der Waals surface area contributed by atoms with Crippen molar-refractivity contribution < 1.29 is 12.8 Å². The average molecular weight is 335 g/mol. The summed E-state index contributed by atoms with van der Waals surface area (Å²) in [5.41, 5.74) is 0.400. The van der Waals surface area contributed by atoms with Crippen molar-refractivity contribution in [1.82, 2.24) is 9.71 Å². The lowest BCUT2D eigenvalue weighted by Crippen LogP contribution is -2.37. The molecule has 23 heavy (non-hydrogen) atoms. The van der Waals surface area contributed by atoms with E-state index in [4.69, 9.17) is 0 Å². The molecule has 0 radical (unpaired) electrons. The van der Waals surface area contributed by atoms with Gasteiger partial charge in [-0.05, 0) is 49.2 Å². The normalized spacial score (nSPS) is 18.3. The molecule has 0 saturated carbocycles. The number of sulfonamides is 1. The molecule has 122 valence electrons. The van der Waals surface area contributed by atoms with Crippen LogP contribution in [0.1, 0.15) is 12.0 Å². The number of aromatic nitrogens is 1. The molecule has 1 saturated heterocycles. The first kappa shape index (κ1) is 15.9. The predicted octanol–water partition coefficient (Wildman–Crippen LogP) is 2.09. The molecule has 0 bridgehead atoms. The minimum Gasteiger partial charge on any atom is -0.355 e. The summed E-state index contributed by atoms with van der Waals surface area (Å²) >= 11 is 0. The van der Waals surface area contributed by atoms with Gasteiger partial charge in [0.15, 0.2) is 0 Å². The molecule has 2 heterocycles. The lowest BCUT2D eigenvalue weighted by molar-refractivity contribution is 0.560. The van der Waals surface area contributed by atoms with Gasteiger partial charge in [0.1, 0.15) is 11.6 Å². The largest absolute Gasteiger partial charge is 0.355 e. The number of rotatable bonds is 4. The Bertz CT molecular complexity index is 796. The van der Waals surface area contributed by atoms with E-state index in [2.05, 4.69) is 9.71 Å². The monoisotopic (exact) mass is 335 g/mol. The molecule has 1 fully saturated rings. The van der Waals surface area contributed by atoms with Crippen molar-refractivity contribution in [3.05, 3.63) is 54.0 Å². The van der Waals surface area contributed by atoms with E-state index in [9.17, 15) is 12.8 Å². The van der Waals surface area contributed by atoms with E-state index >= 15 is 0 Å². The van der Waals surface area contributed by atoms with Crippen LogP contribution in [0.2, 0.25) is 0 Å². The number of halogens is 1. The third-order valence-electron chi connectivity index (χ3n) is 3.91. The molecule has 1 aromatic heterocycles. The van der Waals surface area contributed by atoms with Crippen LogP contribution in [0.5, 0.6) is 0 Å². The quantitative estimate of drug-likeness (QED) is 0.929. The fourth-order valence-corrected chi connectivity index (χ4v) is 4.29. The Kier molecular flexibility index (Phi) is 4.32. The van der Waals surface area contributed by atoms with E-state index in [1.54, 1.807) is 13.1 Å². The second-order valence-corrected chi connectivity index (χ2v) is 7.33. The third-order valence-corrected chi connectivity index (χ3v) is 5.59. The van der Waals surface area contributed by atoms with Gasteiger partial charge in [0.2, 0.25) is 10.0 Å². The summed E-state index contributed by atoms with van der Waals surface area (Å²) < 4.78 is 40.9. The standard InChI is InChI=1S/C16H18FN3O2S/c1-12-10-13(17)5-6-15(12)23(21,22)19-14-7-9-20(11-14)16-4-2-3-8-18-16/h2-6,8,10,14,19H,7,9,11H2,1H3. The number of nitrogens with one attached hydrogen (secondary N) is 1. The molecular weight excluding hydrogens is 317 g/mol. The second-order valence-electron chi connectivity index (χ2n) is 5.65. The second kappa shape index (κ2) is 6.25. The molecule has 0 spiro atoms. The number of nitrogens with zero attached hydrogens (tertiary/aromatic N) is 2. The number of anilines is 1. The summed E-state index contributed by atoms with van der Waals surface area (Å²) in [5.74, 6) is 0.399. The van der Waals surface area contributed by atoms with Gasteiger partial charge in [0.05, 0.1) is 4.90 Å². The van der Waals surface area contributed by atoms with Crippen LogP contribution < -0.4 is 9.62 Å². The van der Waals surface area contributed by atoms with Gasteiger partial charge in [-0.15, -0.1) is 0 Å². The van der Waals surface area contributed by atoms with Crippen molar-refractivity contribution in [2.24, 2.45) is 0 Å². The molecule has 1 N–H and O–H groups in total. The third kappa shape index (κ3) is 3.51. The highest BCUT2D eigenvalue weighted by molar-refractivity contribution is 7.89. The molecule has 0 aliphatic carbocycles. The van der Waals surface area contributed by atoms with Crippen molar-refractivity contribution in [3.63, 3.8) is 0 Å². The maximum absolute atomic E-state index is 13.2. The maximum atomic E-state index is 13.2. The van der Waals surface area contributed by atoms with Crippen molar-refractivity contribution in [1.29, 1.82) is 0 Å². The van der Waals surface area contributed by atoms with Crippen LogP contribution in [0, 0.1) is 12.7 Å². The van der Waals surface area contributed by atoms with E-state index in [-0.39, 0.29) is 10.9 Å². The Morgan fingerprint density at radius 1 is 1.30 bits per heavy atom. The molecule has 2 aromatic rings. The summed E-state index contributed by atoms with van der Waals surface area (Å²) in [7, 11) is -3.66. The van der Waals surface area contributed by atoms with E-state index in [0.717, 1.165) is 18.4 Å². The summed E-state index contributed by atoms with van der Waals surface area (Å²) in [5, 5.41) is 0. The average Bonchev–Trinajstić information content (AvgIpc) is 2.95. The number of pyridine rings is 1. The highest BCUT2D eigenvalue weighted by atomic mass is 32.2. The number of aryl methyl sites for hydroxylation is 1. The van der Waals surface area contributed by atoms with E-state index < -0.39 is 15.8 Å². The van der Waals surface area contributed by atoms with Gasteiger partial charge in [-0.3, -0.25) is 0 Å². The smallest absolute Gasteiger partial charge is 0.241 e. The SMILES string of the molecule is Cc1cc(F)ccc1S(=O)(=O)NC1CCN(c2ccccn2)C1. The summed E-state index contributed by atoms with van der Waals surface area (Å²) in [6.45, 7) is 2.90. The van der Waals surface area contributed by atoms with Gasteiger partial charge in [-0.1, -0.05) is 6.07 Å². The van der Waals surface area contributed by atoms with Gasteiger partial charge in [-0.2, -0.15) is 0 Å². The lowest BCUT2D eigenvalue weighted by atomic mass is 10.2. The van der Waals surface area contributed by atoms with Crippen LogP contribution in [0.15, 0.2) is 47.5 Å². The fourth-order valence-electron chi connectivity index (χ4n) is 2.80. The number of hydrogen-bond donors (Lipinski definition) is 1. The van der Waals surface area contributed by atoms with Gasteiger partial charge >= 0.3 is 0 Å². The maximum Gasteiger partial charge on any atom is 0.241 e. The van der Waals surface area contributed by atoms with Crippen LogP contribution >= 0.6 is 0 Å². The molecule has 1 aliphatic rings. The van der Waals surface area contributed by atoms with E-state index in [1.165, 1.54) is 12.1 Å². The molecule has 1 aliphatic heterocycles. The first-order valence-corrected chi connectivity index (χ1v) is 8.88. The zero-order valence-electron chi connectivity index (χ0n) is 12.7. The van der Waals surface area contributed by atoms with Gasteiger partial charge in [-0.25, -0.2) is 22.5 Å². The van der Waals surface area contributed by atoms with E-state index in [1.807, 2.05) is 23.1 Å². The first-order valence-electron chi connectivity index (χ1n) is 7.40. The Morgan fingerprint density at radius 2 is 2.13 bits per heavy atom. The first-order chi connectivity index (χ1) is 11.0. The van der Waals surface area contributed by atoms with Crippen molar-refractivity contribution in [3.8, 4) is 0 Å². The minimum atomic E-state index is -3.66. The molecule has 5 nitrogen and oxygen atoms in total.